The zero-order chi connectivity index (χ0) is 14.0. The van der Waals surface area contributed by atoms with Gasteiger partial charge in [-0.3, -0.25) is 0 Å². The predicted molar refractivity (Wildman–Crippen MR) is 69.5 cm³/mol. The van der Waals surface area contributed by atoms with Gasteiger partial charge in [-0.1, -0.05) is 24.3 Å². The lowest BCUT2D eigenvalue weighted by Crippen LogP contribution is -2.04. The maximum Gasteiger partial charge on any atom is 0.416 e. The largest absolute Gasteiger partial charge is 0.416 e. The maximum absolute atomic E-state index is 12.5. The van der Waals surface area contributed by atoms with Crippen molar-refractivity contribution in [3.05, 3.63) is 59.2 Å². The van der Waals surface area contributed by atoms with Crippen LogP contribution in [0.4, 0.5) is 13.2 Å². The average Bonchev–Trinajstić information content (AvgIpc) is 2.38. The van der Waals surface area contributed by atoms with Crippen LogP contribution in [0, 0.1) is 6.92 Å². The van der Waals surface area contributed by atoms with E-state index in [4.69, 9.17) is 5.73 Å². The molecule has 0 spiro atoms. The van der Waals surface area contributed by atoms with E-state index < -0.39 is 11.7 Å². The summed E-state index contributed by atoms with van der Waals surface area (Å²) in [5.74, 6) is 0. The molecular weight excluding hydrogens is 251 g/mol. The Kier molecular flexibility index (Phi) is 3.62. The van der Waals surface area contributed by atoms with Gasteiger partial charge in [0, 0.05) is 6.54 Å². The molecule has 0 aliphatic carbocycles. The van der Waals surface area contributed by atoms with E-state index in [-0.39, 0.29) is 0 Å². The fraction of sp³-hybridized carbons (Fsp3) is 0.200. The van der Waals surface area contributed by atoms with Crippen molar-refractivity contribution in [3.8, 4) is 11.1 Å². The minimum atomic E-state index is -4.30. The van der Waals surface area contributed by atoms with Crippen molar-refractivity contribution < 1.29 is 13.2 Å². The highest BCUT2D eigenvalue weighted by Crippen LogP contribution is 2.31. The van der Waals surface area contributed by atoms with E-state index in [1.54, 1.807) is 0 Å². The maximum atomic E-state index is 12.5. The van der Waals surface area contributed by atoms with Gasteiger partial charge < -0.3 is 5.73 Å². The van der Waals surface area contributed by atoms with Gasteiger partial charge in [0.25, 0.3) is 0 Å². The summed E-state index contributed by atoms with van der Waals surface area (Å²) in [6, 6.07) is 10.9. The molecule has 4 heteroatoms. The molecule has 0 aliphatic rings. The molecule has 0 atom stereocenters. The molecule has 0 fully saturated rings. The van der Waals surface area contributed by atoms with E-state index in [0.29, 0.717) is 6.54 Å². The van der Waals surface area contributed by atoms with Crippen molar-refractivity contribution in [3.63, 3.8) is 0 Å². The van der Waals surface area contributed by atoms with E-state index in [2.05, 4.69) is 0 Å². The zero-order valence-electron chi connectivity index (χ0n) is 10.5. The number of nitrogens with two attached hydrogens (primary N) is 1. The second-order valence-corrected chi connectivity index (χ2v) is 4.42. The van der Waals surface area contributed by atoms with Crippen LogP contribution in [-0.4, -0.2) is 0 Å². The van der Waals surface area contributed by atoms with Crippen LogP contribution in [0.1, 0.15) is 16.7 Å². The molecule has 100 valence electrons. The summed E-state index contributed by atoms with van der Waals surface area (Å²) in [6.07, 6.45) is -4.30. The molecule has 0 aliphatic heterocycles. The molecule has 0 unspecified atom stereocenters. The van der Waals surface area contributed by atoms with Gasteiger partial charge in [0.2, 0.25) is 0 Å². The first kappa shape index (κ1) is 13.6. The van der Waals surface area contributed by atoms with E-state index >= 15 is 0 Å². The van der Waals surface area contributed by atoms with Gasteiger partial charge in [0.1, 0.15) is 0 Å². The SMILES string of the molecule is Cc1ccc(-c2ccc(C(F)(F)F)cc2)cc1CN. The van der Waals surface area contributed by atoms with Gasteiger partial charge in [0.15, 0.2) is 0 Å². The minimum absolute atomic E-state index is 0.417. The summed E-state index contributed by atoms with van der Waals surface area (Å²) in [7, 11) is 0. The quantitative estimate of drug-likeness (QED) is 0.867. The lowest BCUT2D eigenvalue weighted by molar-refractivity contribution is -0.137. The Labute approximate surface area is 109 Å². The summed E-state index contributed by atoms with van der Waals surface area (Å²) >= 11 is 0. The van der Waals surface area contributed by atoms with Gasteiger partial charge in [-0.2, -0.15) is 13.2 Å². The van der Waals surface area contributed by atoms with E-state index in [0.717, 1.165) is 34.4 Å². The Bertz CT molecular complexity index is 571. The number of benzene rings is 2. The molecule has 0 saturated carbocycles. The molecule has 1 nitrogen and oxygen atoms in total. The molecule has 0 bridgehead atoms. The number of hydrogen-bond donors (Lipinski definition) is 1. The molecule has 0 amide bonds. The van der Waals surface area contributed by atoms with Crippen molar-refractivity contribution in [2.75, 3.05) is 0 Å². The summed E-state index contributed by atoms with van der Waals surface area (Å²) in [6.45, 7) is 2.37. The highest BCUT2D eigenvalue weighted by Gasteiger charge is 2.29. The zero-order valence-corrected chi connectivity index (χ0v) is 10.5. The smallest absolute Gasteiger partial charge is 0.326 e. The second kappa shape index (κ2) is 5.05. The third kappa shape index (κ3) is 2.96. The summed E-state index contributed by atoms with van der Waals surface area (Å²) in [5, 5.41) is 0. The van der Waals surface area contributed by atoms with Gasteiger partial charge in [-0.15, -0.1) is 0 Å². The highest BCUT2D eigenvalue weighted by atomic mass is 19.4. The number of hydrogen-bond acceptors (Lipinski definition) is 1. The molecule has 2 aromatic carbocycles. The third-order valence-corrected chi connectivity index (χ3v) is 3.11. The molecule has 2 N–H and O–H groups in total. The first-order valence-corrected chi connectivity index (χ1v) is 5.89. The van der Waals surface area contributed by atoms with Crippen LogP contribution in [0.15, 0.2) is 42.5 Å². The molecule has 0 saturated heterocycles. The minimum Gasteiger partial charge on any atom is -0.326 e. The fourth-order valence-electron chi connectivity index (χ4n) is 1.92. The number of rotatable bonds is 2. The first-order valence-electron chi connectivity index (χ1n) is 5.89. The van der Waals surface area contributed by atoms with Crippen molar-refractivity contribution in [2.24, 2.45) is 5.73 Å². The van der Waals surface area contributed by atoms with E-state index in [1.807, 2.05) is 25.1 Å². The van der Waals surface area contributed by atoms with Gasteiger partial charge in [-0.05, 0) is 47.4 Å². The fourth-order valence-corrected chi connectivity index (χ4v) is 1.92. The molecule has 2 aromatic rings. The highest BCUT2D eigenvalue weighted by molar-refractivity contribution is 5.65. The molecule has 0 heterocycles. The number of halogens is 3. The van der Waals surface area contributed by atoms with Crippen LogP contribution in [0.2, 0.25) is 0 Å². The topological polar surface area (TPSA) is 26.0 Å². The average molecular weight is 265 g/mol. The number of alkyl halides is 3. The van der Waals surface area contributed by atoms with Crippen molar-refractivity contribution in [1.82, 2.24) is 0 Å². The van der Waals surface area contributed by atoms with Gasteiger partial charge in [0.05, 0.1) is 5.56 Å². The van der Waals surface area contributed by atoms with E-state index in [9.17, 15) is 13.2 Å². The molecule has 2 rings (SSSR count). The van der Waals surface area contributed by atoms with Gasteiger partial charge in [-0.25, -0.2) is 0 Å². The number of aryl methyl sites for hydroxylation is 1. The van der Waals surface area contributed by atoms with Crippen LogP contribution in [0.25, 0.3) is 11.1 Å². The Morgan fingerprint density at radius 2 is 1.53 bits per heavy atom. The molecule has 19 heavy (non-hydrogen) atoms. The standard InChI is InChI=1S/C15H14F3N/c1-10-2-3-12(8-13(10)9-19)11-4-6-14(7-5-11)15(16,17)18/h2-8H,9,19H2,1H3. The Hall–Kier alpha value is -1.81. The van der Waals surface area contributed by atoms with Crippen molar-refractivity contribution in [2.45, 2.75) is 19.6 Å². The molecular formula is C15H14F3N. The molecule has 0 radical (unpaired) electrons. The summed E-state index contributed by atoms with van der Waals surface area (Å²) in [4.78, 5) is 0. The Morgan fingerprint density at radius 1 is 0.947 bits per heavy atom. The normalized spacial score (nSPS) is 11.6. The summed E-state index contributed by atoms with van der Waals surface area (Å²) in [5.41, 5.74) is 8.70. The van der Waals surface area contributed by atoms with Crippen LogP contribution in [-0.2, 0) is 12.7 Å². The third-order valence-electron chi connectivity index (χ3n) is 3.11. The van der Waals surface area contributed by atoms with Crippen LogP contribution in [0.5, 0.6) is 0 Å². The lowest BCUT2D eigenvalue weighted by Gasteiger charge is -2.10. The van der Waals surface area contributed by atoms with Gasteiger partial charge >= 0.3 is 6.18 Å². The van der Waals surface area contributed by atoms with Crippen LogP contribution < -0.4 is 5.73 Å². The van der Waals surface area contributed by atoms with Crippen molar-refractivity contribution >= 4 is 0 Å². The van der Waals surface area contributed by atoms with E-state index in [1.165, 1.54) is 12.1 Å². The van der Waals surface area contributed by atoms with Crippen LogP contribution >= 0.6 is 0 Å². The van der Waals surface area contributed by atoms with Crippen molar-refractivity contribution in [1.29, 1.82) is 0 Å². The first-order chi connectivity index (χ1) is 8.91. The Balaban J connectivity index is 2.37. The van der Waals surface area contributed by atoms with Crippen LogP contribution in [0.3, 0.4) is 0 Å². The predicted octanol–water partition coefficient (Wildman–Crippen LogP) is 4.14. The monoisotopic (exact) mass is 265 g/mol. The second-order valence-electron chi connectivity index (χ2n) is 4.42. The summed E-state index contributed by atoms with van der Waals surface area (Å²) < 4.78 is 37.4. The lowest BCUT2D eigenvalue weighted by atomic mass is 9.99. The Morgan fingerprint density at radius 3 is 2.05 bits per heavy atom. The molecule has 0 aromatic heterocycles.